The van der Waals surface area contributed by atoms with Crippen LogP contribution in [0.5, 0.6) is 11.5 Å². The highest BCUT2D eigenvalue weighted by atomic mass is 19.4. The molecule has 1 unspecified atom stereocenters. The number of carbonyl (C=O) groups is 2. The number of hydrogen-bond donors (Lipinski definition) is 3. The minimum absolute atomic E-state index is 0.0807. The first kappa shape index (κ1) is 20.1. The molecule has 9 nitrogen and oxygen atoms in total. The molecule has 1 aromatic heterocycles. The van der Waals surface area contributed by atoms with Crippen LogP contribution in [-0.2, 0) is 6.54 Å². The highest BCUT2D eigenvalue weighted by molar-refractivity contribution is 6.03. The second kappa shape index (κ2) is 8.81. The first-order valence-electron chi connectivity index (χ1n) is 11.4. The van der Waals surface area contributed by atoms with Crippen molar-refractivity contribution in [1.29, 1.82) is 0 Å². The Morgan fingerprint density at radius 3 is 2.77 bits per heavy atom. The van der Waals surface area contributed by atoms with Gasteiger partial charge in [0.1, 0.15) is 47.5 Å². The van der Waals surface area contributed by atoms with E-state index in [9.17, 15) is 27.2 Å². The van der Waals surface area contributed by atoms with Crippen LogP contribution in [0.25, 0.3) is 11.3 Å². The SMILES string of the molecule is [2H]C([2H])([2H])Oc1ccc(F)cc1C(=O)NC1COc2cc(-c3nn(CC(F)(F)F)c(N)c3C(N)=O)ccc21. The molecule has 1 atom stereocenters. The van der Waals surface area contributed by atoms with Gasteiger partial charge in [0.15, 0.2) is 0 Å². The molecule has 0 aliphatic carbocycles. The summed E-state index contributed by atoms with van der Waals surface area (Å²) in [6, 6.07) is 6.31. The van der Waals surface area contributed by atoms with Crippen LogP contribution < -0.4 is 26.3 Å². The molecule has 1 aliphatic rings. The number of nitrogens with zero attached hydrogens (tertiary/aromatic N) is 2. The number of nitrogens with one attached hydrogen (secondary N) is 1. The summed E-state index contributed by atoms with van der Waals surface area (Å²) in [4.78, 5) is 24.8. The van der Waals surface area contributed by atoms with E-state index >= 15 is 0 Å². The topological polar surface area (TPSA) is 134 Å². The van der Waals surface area contributed by atoms with Crippen molar-refractivity contribution in [2.75, 3.05) is 19.4 Å². The van der Waals surface area contributed by atoms with Gasteiger partial charge in [0, 0.05) is 11.1 Å². The van der Waals surface area contributed by atoms with Crippen LogP contribution >= 0.6 is 0 Å². The smallest absolute Gasteiger partial charge is 0.408 e. The predicted octanol–water partition coefficient (Wildman–Crippen LogP) is 2.80. The number of ether oxygens (including phenoxy) is 2. The number of halogens is 4. The summed E-state index contributed by atoms with van der Waals surface area (Å²) >= 11 is 0. The Labute approximate surface area is 199 Å². The molecule has 0 bridgehead atoms. The summed E-state index contributed by atoms with van der Waals surface area (Å²) in [5, 5.41) is 6.42. The lowest BCUT2D eigenvalue weighted by molar-refractivity contribution is -0.142. The zero-order chi connectivity index (χ0) is 28.0. The Hall–Kier alpha value is -4.29. The number of carbonyl (C=O) groups excluding carboxylic acids is 2. The van der Waals surface area contributed by atoms with Gasteiger partial charge in [0.2, 0.25) is 0 Å². The Morgan fingerprint density at radius 2 is 2.09 bits per heavy atom. The molecule has 1 aliphatic heterocycles. The lowest BCUT2D eigenvalue weighted by Gasteiger charge is -2.14. The largest absolute Gasteiger partial charge is 0.496 e. The summed E-state index contributed by atoms with van der Waals surface area (Å²) in [7, 11) is -2.88. The molecule has 13 heteroatoms. The summed E-state index contributed by atoms with van der Waals surface area (Å²) < 4.78 is 85.0. The molecule has 5 N–H and O–H groups in total. The lowest BCUT2D eigenvalue weighted by Crippen LogP contribution is -2.29. The molecule has 4 rings (SSSR count). The quantitative estimate of drug-likeness (QED) is 0.450. The Balaban J connectivity index is 1.62. The second-order valence-electron chi connectivity index (χ2n) is 7.58. The average Bonchev–Trinajstić information content (AvgIpc) is 3.33. The third-order valence-electron chi connectivity index (χ3n) is 5.24. The van der Waals surface area contributed by atoms with Crippen LogP contribution in [-0.4, -0.2) is 41.4 Å². The van der Waals surface area contributed by atoms with Gasteiger partial charge in [-0.3, -0.25) is 9.59 Å². The molecule has 0 fully saturated rings. The van der Waals surface area contributed by atoms with Crippen LogP contribution in [0.1, 0.15) is 36.4 Å². The molecule has 2 amide bonds. The van der Waals surface area contributed by atoms with Crippen LogP contribution in [0.4, 0.5) is 23.4 Å². The monoisotopic (exact) mass is 496 g/mol. The third kappa shape index (κ3) is 4.69. The Kier molecular flexibility index (Phi) is 5.07. The zero-order valence-corrected chi connectivity index (χ0v) is 17.6. The van der Waals surface area contributed by atoms with Crippen molar-refractivity contribution in [3.8, 4) is 22.8 Å². The van der Waals surface area contributed by atoms with Gasteiger partial charge in [-0.25, -0.2) is 9.07 Å². The maximum absolute atomic E-state index is 13.8. The van der Waals surface area contributed by atoms with E-state index < -0.39 is 54.8 Å². The van der Waals surface area contributed by atoms with Crippen LogP contribution in [0.3, 0.4) is 0 Å². The molecule has 2 heterocycles. The molecule has 2 aromatic carbocycles. The van der Waals surface area contributed by atoms with Crippen molar-refractivity contribution in [2.24, 2.45) is 5.73 Å². The molecule has 0 saturated carbocycles. The summed E-state index contributed by atoms with van der Waals surface area (Å²) in [5.74, 6) is -3.42. The fourth-order valence-corrected chi connectivity index (χ4v) is 3.69. The van der Waals surface area contributed by atoms with E-state index in [4.69, 9.17) is 25.1 Å². The van der Waals surface area contributed by atoms with E-state index in [0.717, 1.165) is 18.2 Å². The fourth-order valence-electron chi connectivity index (χ4n) is 3.69. The summed E-state index contributed by atoms with van der Waals surface area (Å²) in [6.45, 7) is -1.62. The molecule has 184 valence electrons. The standard InChI is InChI=1S/C22H19F4N5O4/c1-34-15-5-3-11(23)7-13(15)21(33)29-14-8-35-16-6-10(2-4-12(14)16)18-17(20(28)32)19(27)31(30-18)9-22(24,25)26/h2-7,14H,8-9,27H2,1H3,(H2,28,32)(H,29,33)/i1D3. The predicted molar refractivity (Wildman–Crippen MR) is 115 cm³/mol. The minimum Gasteiger partial charge on any atom is -0.496 e. The molecule has 3 aromatic rings. The van der Waals surface area contributed by atoms with Gasteiger partial charge in [-0.1, -0.05) is 12.1 Å². The van der Waals surface area contributed by atoms with Crippen molar-refractivity contribution < 1.29 is 40.7 Å². The molecule has 0 saturated heterocycles. The number of nitrogen functional groups attached to an aromatic ring is 1. The first-order chi connectivity index (χ1) is 17.6. The van der Waals surface area contributed by atoms with E-state index in [1.54, 1.807) is 0 Å². The number of amides is 2. The van der Waals surface area contributed by atoms with Crippen molar-refractivity contribution in [1.82, 2.24) is 15.1 Å². The third-order valence-corrected chi connectivity index (χ3v) is 5.24. The number of benzene rings is 2. The normalized spacial score (nSPS) is 16.5. The van der Waals surface area contributed by atoms with Crippen LogP contribution in [0.2, 0.25) is 0 Å². The second-order valence-corrected chi connectivity index (χ2v) is 7.58. The number of hydrogen-bond acceptors (Lipinski definition) is 6. The van der Waals surface area contributed by atoms with Gasteiger partial charge in [0.25, 0.3) is 11.8 Å². The molecule has 0 spiro atoms. The first-order valence-corrected chi connectivity index (χ1v) is 9.92. The highest BCUT2D eigenvalue weighted by Crippen LogP contribution is 2.38. The van der Waals surface area contributed by atoms with E-state index in [1.165, 1.54) is 18.2 Å². The minimum atomic E-state index is -4.66. The molecule has 0 radical (unpaired) electrons. The van der Waals surface area contributed by atoms with E-state index in [2.05, 4.69) is 10.4 Å². The van der Waals surface area contributed by atoms with Crippen molar-refractivity contribution in [2.45, 2.75) is 18.8 Å². The maximum atomic E-state index is 13.8. The van der Waals surface area contributed by atoms with E-state index in [1.807, 2.05) is 0 Å². The van der Waals surface area contributed by atoms with Crippen molar-refractivity contribution in [3.63, 3.8) is 0 Å². The zero-order valence-electron chi connectivity index (χ0n) is 20.6. The maximum Gasteiger partial charge on any atom is 0.408 e. The van der Waals surface area contributed by atoms with Crippen LogP contribution in [0, 0.1) is 5.82 Å². The van der Waals surface area contributed by atoms with E-state index in [-0.39, 0.29) is 34.9 Å². The van der Waals surface area contributed by atoms with Gasteiger partial charge >= 0.3 is 6.18 Å². The Bertz CT molecular complexity index is 1430. The fraction of sp³-hybridized carbons (Fsp3) is 0.227. The number of rotatable bonds is 6. The number of methoxy groups -OCH3 is 1. The lowest BCUT2D eigenvalue weighted by atomic mass is 10.0. The summed E-state index contributed by atoms with van der Waals surface area (Å²) in [5.41, 5.74) is 10.7. The van der Waals surface area contributed by atoms with E-state index in [0.29, 0.717) is 10.2 Å². The molecular formula is C22H19F4N5O4. The number of primary amides is 1. The molecular weight excluding hydrogens is 474 g/mol. The Morgan fingerprint density at radius 1 is 1.31 bits per heavy atom. The number of aromatic nitrogens is 2. The number of alkyl halides is 3. The van der Waals surface area contributed by atoms with Gasteiger partial charge in [0.05, 0.1) is 22.8 Å². The molecule has 35 heavy (non-hydrogen) atoms. The van der Waals surface area contributed by atoms with Crippen LogP contribution in [0.15, 0.2) is 36.4 Å². The van der Waals surface area contributed by atoms with Gasteiger partial charge < -0.3 is 26.3 Å². The van der Waals surface area contributed by atoms with Gasteiger partial charge in [-0.05, 0) is 24.3 Å². The average molecular weight is 496 g/mol. The van der Waals surface area contributed by atoms with Gasteiger partial charge in [-0.2, -0.15) is 18.3 Å². The number of fused-ring (bicyclic) bond motifs is 1. The van der Waals surface area contributed by atoms with Gasteiger partial charge in [-0.15, -0.1) is 0 Å². The van der Waals surface area contributed by atoms with Crippen molar-refractivity contribution >= 4 is 17.6 Å². The van der Waals surface area contributed by atoms with Crippen molar-refractivity contribution in [3.05, 3.63) is 58.9 Å². The summed E-state index contributed by atoms with van der Waals surface area (Å²) in [6.07, 6.45) is -4.66. The highest BCUT2D eigenvalue weighted by Gasteiger charge is 2.33. The number of nitrogens with two attached hydrogens (primary N) is 2. The number of anilines is 1.